The number of carbonyl (C=O) groups excluding carboxylic acids is 1. The van der Waals surface area contributed by atoms with Crippen molar-refractivity contribution in [2.75, 3.05) is 7.11 Å². The first-order chi connectivity index (χ1) is 10.1. The fraction of sp³-hybridized carbons (Fsp3) is 0.294. The maximum absolute atomic E-state index is 12.5. The number of carbonyl (C=O) groups is 1. The van der Waals surface area contributed by atoms with E-state index in [0.29, 0.717) is 6.54 Å². The van der Waals surface area contributed by atoms with E-state index in [1.54, 1.807) is 19.5 Å². The number of aromatic nitrogens is 1. The standard InChI is InChI=1S/C17H20N2O2/c1-17(2,14-6-4-5-7-15(14)21-3)16(20)19-12-13-8-10-18-11-9-13/h4-11H,12H2,1-3H3,(H,19,20). The maximum Gasteiger partial charge on any atom is 0.230 e. The minimum absolute atomic E-state index is 0.0381. The van der Waals surface area contributed by atoms with Crippen LogP contribution in [0.15, 0.2) is 48.8 Å². The van der Waals surface area contributed by atoms with E-state index < -0.39 is 5.41 Å². The molecule has 110 valence electrons. The molecule has 0 saturated heterocycles. The molecular weight excluding hydrogens is 264 g/mol. The summed E-state index contributed by atoms with van der Waals surface area (Å²) in [4.78, 5) is 16.5. The van der Waals surface area contributed by atoms with Crippen molar-refractivity contribution < 1.29 is 9.53 Å². The minimum Gasteiger partial charge on any atom is -0.496 e. The summed E-state index contributed by atoms with van der Waals surface area (Å²) in [6, 6.07) is 11.4. The number of para-hydroxylation sites is 1. The summed E-state index contributed by atoms with van der Waals surface area (Å²) in [7, 11) is 1.61. The van der Waals surface area contributed by atoms with Crippen LogP contribution in [-0.2, 0) is 16.8 Å². The Morgan fingerprint density at radius 1 is 1.19 bits per heavy atom. The van der Waals surface area contributed by atoms with E-state index in [-0.39, 0.29) is 5.91 Å². The first-order valence-electron chi connectivity index (χ1n) is 6.86. The molecule has 1 N–H and O–H groups in total. The molecule has 21 heavy (non-hydrogen) atoms. The molecule has 1 aromatic heterocycles. The third-order valence-corrected chi connectivity index (χ3v) is 3.55. The largest absolute Gasteiger partial charge is 0.496 e. The van der Waals surface area contributed by atoms with Crippen LogP contribution in [0.2, 0.25) is 0 Å². The average Bonchev–Trinajstić information content (AvgIpc) is 2.53. The Bertz CT molecular complexity index is 609. The summed E-state index contributed by atoms with van der Waals surface area (Å²) >= 11 is 0. The molecule has 0 bridgehead atoms. The van der Waals surface area contributed by atoms with Crippen molar-refractivity contribution in [1.29, 1.82) is 0 Å². The molecule has 0 aliphatic heterocycles. The van der Waals surface area contributed by atoms with Gasteiger partial charge in [0.15, 0.2) is 0 Å². The Morgan fingerprint density at radius 3 is 2.52 bits per heavy atom. The minimum atomic E-state index is -0.667. The van der Waals surface area contributed by atoms with Crippen LogP contribution in [0.4, 0.5) is 0 Å². The van der Waals surface area contributed by atoms with Crippen molar-refractivity contribution in [3.63, 3.8) is 0 Å². The summed E-state index contributed by atoms with van der Waals surface area (Å²) in [6.07, 6.45) is 3.43. The molecule has 0 radical (unpaired) electrons. The highest BCUT2D eigenvalue weighted by molar-refractivity contribution is 5.88. The molecule has 0 aliphatic carbocycles. The van der Waals surface area contributed by atoms with Crippen LogP contribution in [0.25, 0.3) is 0 Å². The Morgan fingerprint density at radius 2 is 1.86 bits per heavy atom. The lowest BCUT2D eigenvalue weighted by atomic mass is 9.83. The van der Waals surface area contributed by atoms with Crippen LogP contribution in [0.1, 0.15) is 25.0 Å². The summed E-state index contributed by atoms with van der Waals surface area (Å²) in [6.45, 7) is 4.28. The van der Waals surface area contributed by atoms with Gasteiger partial charge >= 0.3 is 0 Å². The van der Waals surface area contributed by atoms with Gasteiger partial charge in [-0.15, -0.1) is 0 Å². The van der Waals surface area contributed by atoms with E-state index in [1.807, 2.05) is 50.2 Å². The van der Waals surface area contributed by atoms with Crippen molar-refractivity contribution in [3.8, 4) is 5.75 Å². The molecule has 0 aliphatic rings. The van der Waals surface area contributed by atoms with Crippen LogP contribution in [0.3, 0.4) is 0 Å². The van der Waals surface area contributed by atoms with Crippen molar-refractivity contribution in [2.24, 2.45) is 0 Å². The van der Waals surface area contributed by atoms with Crippen LogP contribution in [-0.4, -0.2) is 18.0 Å². The number of rotatable bonds is 5. The predicted octanol–water partition coefficient (Wildman–Crippen LogP) is 2.68. The van der Waals surface area contributed by atoms with E-state index in [9.17, 15) is 4.79 Å². The van der Waals surface area contributed by atoms with E-state index in [4.69, 9.17) is 4.74 Å². The number of methoxy groups -OCH3 is 1. The third-order valence-electron chi connectivity index (χ3n) is 3.55. The number of hydrogen-bond donors (Lipinski definition) is 1. The van der Waals surface area contributed by atoms with Crippen molar-refractivity contribution in [3.05, 3.63) is 59.9 Å². The van der Waals surface area contributed by atoms with Gasteiger partial charge in [-0.05, 0) is 37.6 Å². The molecule has 1 aromatic carbocycles. The summed E-state index contributed by atoms with van der Waals surface area (Å²) in [5, 5.41) is 2.97. The Labute approximate surface area is 125 Å². The Kier molecular flexibility index (Phi) is 4.58. The number of pyridine rings is 1. The highest BCUT2D eigenvalue weighted by Gasteiger charge is 2.32. The van der Waals surface area contributed by atoms with Crippen LogP contribution >= 0.6 is 0 Å². The van der Waals surface area contributed by atoms with Crippen LogP contribution in [0, 0.1) is 0 Å². The van der Waals surface area contributed by atoms with Gasteiger partial charge in [-0.3, -0.25) is 9.78 Å². The number of amides is 1. The molecule has 0 atom stereocenters. The molecule has 2 aromatic rings. The van der Waals surface area contributed by atoms with E-state index in [0.717, 1.165) is 16.9 Å². The molecule has 0 fully saturated rings. The van der Waals surface area contributed by atoms with Gasteiger partial charge < -0.3 is 10.1 Å². The highest BCUT2D eigenvalue weighted by atomic mass is 16.5. The second-order valence-electron chi connectivity index (χ2n) is 5.36. The van der Waals surface area contributed by atoms with Crippen LogP contribution in [0.5, 0.6) is 5.75 Å². The number of nitrogens with zero attached hydrogens (tertiary/aromatic N) is 1. The molecule has 2 rings (SSSR count). The maximum atomic E-state index is 12.5. The SMILES string of the molecule is COc1ccccc1C(C)(C)C(=O)NCc1ccncc1. The van der Waals surface area contributed by atoms with Gasteiger partial charge in [0, 0.05) is 24.5 Å². The Balaban J connectivity index is 2.13. The van der Waals surface area contributed by atoms with E-state index in [2.05, 4.69) is 10.3 Å². The molecule has 4 heteroatoms. The van der Waals surface area contributed by atoms with Crippen molar-refractivity contribution in [1.82, 2.24) is 10.3 Å². The second kappa shape index (κ2) is 6.39. The lowest BCUT2D eigenvalue weighted by molar-refractivity contribution is -0.125. The van der Waals surface area contributed by atoms with E-state index in [1.165, 1.54) is 0 Å². The van der Waals surface area contributed by atoms with Gasteiger partial charge in [-0.1, -0.05) is 18.2 Å². The van der Waals surface area contributed by atoms with Crippen LogP contribution < -0.4 is 10.1 Å². The predicted molar refractivity (Wildman–Crippen MR) is 82.1 cm³/mol. The zero-order valence-electron chi connectivity index (χ0n) is 12.6. The number of benzene rings is 1. The number of nitrogens with one attached hydrogen (secondary N) is 1. The molecular formula is C17H20N2O2. The fourth-order valence-corrected chi connectivity index (χ4v) is 2.19. The zero-order valence-corrected chi connectivity index (χ0v) is 12.6. The number of ether oxygens (including phenoxy) is 1. The molecule has 1 heterocycles. The molecule has 0 spiro atoms. The smallest absolute Gasteiger partial charge is 0.230 e. The summed E-state index contributed by atoms with van der Waals surface area (Å²) in [5.41, 5.74) is 1.23. The highest BCUT2D eigenvalue weighted by Crippen LogP contribution is 2.31. The molecule has 0 saturated carbocycles. The van der Waals surface area contributed by atoms with Gasteiger partial charge in [0.1, 0.15) is 5.75 Å². The van der Waals surface area contributed by atoms with Gasteiger partial charge in [0.05, 0.1) is 12.5 Å². The molecule has 0 unspecified atom stereocenters. The van der Waals surface area contributed by atoms with Gasteiger partial charge in [-0.25, -0.2) is 0 Å². The summed E-state index contributed by atoms with van der Waals surface area (Å²) in [5.74, 6) is 0.686. The average molecular weight is 284 g/mol. The summed E-state index contributed by atoms with van der Waals surface area (Å²) < 4.78 is 5.36. The normalized spacial score (nSPS) is 11.0. The van der Waals surface area contributed by atoms with Gasteiger partial charge in [0.25, 0.3) is 0 Å². The van der Waals surface area contributed by atoms with Crippen molar-refractivity contribution >= 4 is 5.91 Å². The third kappa shape index (κ3) is 3.40. The monoisotopic (exact) mass is 284 g/mol. The van der Waals surface area contributed by atoms with Gasteiger partial charge in [0.2, 0.25) is 5.91 Å². The number of hydrogen-bond acceptors (Lipinski definition) is 3. The topological polar surface area (TPSA) is 51.2 Å². The lowest BCUT2D eigenvalue weighted by Crippen LogP contribution is -2.39. The lowest BCUT2D eigenvalue weighted by Gasteiger charge is -2.26. The fourth-order valence-electron chi connectivity index (χ4n) is 2.19. The Hall–Kier alpha value is -2.36. The van der Waals surface area contributed by atoms with Crippen molar-refractivity contribution in [2.45, 2.75) is 25.8 Å². The van der Waals surface area contributed by atoms with Gasteiger partial charge in [-0.2, -0.15) is 0 Å². The first kappa shape index (κ1) is 15.0. The van der Waals surface area contributed by atoms with E-state index >= 15 is 0 Å². The molecule has 4 nitrogen and oxygen atoms in total. The first-order valence-corrected chi connectivity index (χ1v) is 6.86. The second-order valence-corrected chi connectivity index (χ2v) is 5.36. The zero-order chi connectivity index (χ0) is 15.3. The molecule has 1 amide bonds. The quantitative estimate of drug-likeness (QED) is 0.918.